The molecule has 0 amide bonds. The zero-order chi connectivity index (χ0) is 14.7. The first-order valence-corrected chi connectivity index (χ1v) is 8.13. The normalized spacial score (nSPS) is 14.5. The summed E-state index contributed by atoms with van der Waals surface area (Å²) in [6.45, 7) is 1.93. The van der Waals surface area contributed by atoms with Crippen molar-refractivity contribution in [1.82, 2.24) is 19.9 Å². The van der Waals surface area contributed by atoms with Crippen molar-refractivity contribution < 1.29 is 0 Å². The number of hydrazine groups is 1. The highest BCUT2D eigenvalue weighted by Crippen LogP contribution is 2.30. The van der Waals surface area contributed by atoms with Gasteiger partial charge in [-0.3, -0.25) is 5.43 Å². The van der Waals surface area contributed by atoms with Crippen molar-refractivity contribution in [3.63, 3.8) is 0 Å². The van der Waals surface area contributed by atoms with E-state index in [4.69, 9.17) is 5.84 Å². The molecule has 1 fully saturated rings. The van der Waals surface area contributed by atoms with E-state index in [0.29, 0.717) is 17.1 Å². The third-order valence-corrected chi connectivity index (χ3v) is 4.82. The summed E-state index contributed by atoms with van der Waals surface area (Å²) >= 11 is 4.84. The van der Waals surface area contributed by atoms with Gasteiger partial charge >= 0.3 is 0 Å². The van der Waals surface area contributed by atoms with Gasteiger partial charge in [0.15, 0.2) is 0 Å². The summed E-state index contributed by atoms with van der Waals surface area (Å²) in [7, 11) is 0. The third kappa shape index (κ3) is 3.42. The highest BCUT2D eigenvalue weighted by molar-refractivity contribution is 9.10. The van der Waals surface area contributed by atoms with Gasteiger partial charge in [0.05, 0.1) is 4.47 Å². The Bertz CT molecular complexity index is 633. The maximum Gasteiger partial charge on any atom is 0.242 e. The topological polar surface area (TPSA) is 92.8 Å². The number of nitrogen functional groups attached to an aromatic ring is 1. The monoisotopic (exact) mass is 367 g/mol. The molecule has 0 saturated carbocycles. The average Bonchev–Trinajstić information content (AvgIpc) is 3.04. The molecule has 0 spiro atoms. The van der Waals surface area contributed by atoms with Crippen LogP contribution in [0.5, 0.6) is 0 Å². The summed E-state index contributed by atoms with van der Waals surface area (Å²) < 4.78 is 0.903. The van der Waals surface area contributed by atoms with Crippen LogP contribution < -0.4 is 16.2 Å². The molecule has 0 aliphatic carbocycles. The van der Waals surface area contributed by atoms with E-state index < -0.39 is 0 Å². The smallest absolute Gasteiger partial charge is 0.242 e. The standard InChI is InChI=1S/C12H14BrN7S/c13-8-4-3-5-15-9(8)21-12-17-10(19-14)16-11(18-12)20-6-1-2-7-20/h3-5H,1-2,6-7,14H2,(H,16,17,18,19). The molecule has 0 aromatic carbocycles. The summed E-state index contributed by atoms with van der Waals surface area (Å²) in [5.41, 5.74) is 2.50. The molecule has 1 aliphatic heterocycles. The van der Waals surface area contributed by atoms with Crippen LogP contribution in [-0.2, 0) is 0 Å². The minimum atomic E-state index is 0.362. The van der Waals surface area contributed by atoms with Crippen molar-refractivity contribution in [3.8, 4) is 0 Å². The van der Waals surface area contributed by atoms with Gasteiger partial charge in [0, 0.05) is 19.3 Å². The van der Waals surface area contributed by atoms with Crippen molar-refractivity contribution in [1.29, 1.82) is 0 Å². The molecule has 3 heterocycles. The van der Waals surface area contributed by atoms with Crippen molar-refractivity contribution >= 4 is 39.6 Å². The predicted molar refractivity (Wildman–Crippen MR) is 85.1 cm³/mol. The van der Waals surface area contributed by atoms with Crippen molar-refractivity contribution in [2.24, 2.45) is 5.84 Å². The molecule has 0 bridgehead atoms. The van der Waals surface area contributed by atoms with Gasteiger partial charge in [-0.1, -0.05) is 0 Å². The number of nitrogens with two attached hydrogens (primary N) is 1. The van der Waals surface area contributed by atoms with Crippen molar-refractivity contribution in [2.75, 3.05) is 23.4 Å². The zero-order valence-corrected chi connectivity index (χ0v) is 13.6. The Morgan fingerprint density at radius 1 is 1.24 bits per heavy atom. The molecule has 3 N–H and O–H groups in total. The number of pyridine rings is 1. The van der Waals surface area contributed by atoms with Gasteiger partial charge in [0.25, 0.3) is 0 Å². The zero-order valence-electron chi connectivity index (χ0n) is 11.2. The van der Waals surface area contributed by atoms with Crippen LogP contribution in [0.15, 0.2) is 33.0 Å². The maximum absolute atomic E-state index is 5.45. The lowest BCUT2D eigenvalue weighted by Gasteiger charge is -2.16. The van der Waals surface area contributed by atoms with E-state index in [0.717, 1.165) is 35.4 Å². The third-order valence-electron chi connectivity index (χ3n) is 3.03. The highest BCUT2D eigenvalue weighted by atomic mass is 79.9. The summed E-state index contributed by atoms with van der Waals surface area (Å²) in [6.07, 6.45) is 4.05. The Morgan fingerprint density at radius 3 is 2.76 bits per heavy atom. The van der Waals surface area contributed by atoms with E-state index in [-0.39, 0.29) is 0 Å². The summed E-state index contributed by atoms with van der Waals surface area (Å²) in [5, 5.41) is 1.37. The van der Waals surface area contributed by atoms with Crippen LogP contribution in [-0.4, -0.2) is 33.0 Å². The molecule has 3 rings (SSSR count). The molecule has 9 heteroatoms. The first-order chi connectivity index (χ1) is 10.3. The molecule has 1 aliphatic rings. The van der Waals surface area contributed by atoms with E-state index >= 15 is 0 Å². The van der Waals surface area contributed by atoms with Crippen LogP contribution in [0.3, 0.4) is 0 Å². The number of nitrogens with zero attached hydrogens (tertiary/aromatic N) is 5. The summed E-state index contributed by atoms with van der Waals surface area (Å²) in [5.74, 6) is 6.47. The van der Waals surface area contributed by atoms with E-state index in [9.17, 15) is 0 Å². The SMILES string of the molecule is NNc1nc(Sc2ncccc2Br)nc(N2CCCC2)n1. The van der Waals surface area contributed by atoms with Crippen LogP contribution in [0.4, 0.5) is 11.9 Å². The Morgan fingerprint density at radius 2 is 2.05 bits per heavy atom. The van der Waals surface area contributed by atoms with Gasteiger partial charge in [-0.15, -0.1) is 0 Å². The number of aromatic nitrogens is 4. The number of hydrogen-bond donors (Lipinski definition) is 2. The molecule has 110 valence electrons. The quantitative estimate of drug-likeness (QED) is 0.626. The second kappa shape index (κ2) is 6.54. The van der Waals surface area contributed by atoms with Crippen molar-refractivity contribution in [2.45, 2.75) is 23.0 Å². The summed E-state index contributed by atoms with van der Waals surface area (Å²) in [6, 6.07) is 3.80. The number of anilines is 2. The number of hydrogen-bond acceptors (Lipinski definition) is 8. The molecular formula is C12H14BrN7S. The Hall–Kier alpha value is -1.45. The van der Waals surface area contributed by atoms with Gasteiger partial charge < -0.3 is 4.90 Å². The minimum absolute atomic E-state index is 0.362. The van der Waals surface area contributed by atoms with Crippen LogP contribution in [0, 0.1) is 0 Å². The van der Waals surface area contributed by atoms with E-state index in [1.165, 1.54) is 11.8 Å². The van der Waals surface area contributed by atoms with Crippen LogP contribution >= 0.6 is 27.7 Å². The largest absolute Gasteiger partial charge is 0.341 e. The van der Waals surface area contributed by atoms with Gasteiger partial charge in [-0.25, -0.2) is 10.8 Å². The predicted octanol–water partition coefficient (Wildman–Crippen LogP) is 2.07. The molecule has 0 radical (unpaired) electrons. The molecular weight excluding hydrogens is 354 g/mol. The number of rotatable bonds is 4. The van der Waals surface area contributed by atoms with Gasteiger partial charge in [-0.2, -0.15) is 15.0 Å². The first kappa shape index (κ1) is 14.5. The van der Waals surface area contributed by atoms with Gasteiger partial charge in [0.2, 0.25) is 17.1 Å². The lowest BCUT2D eigenvalue weighted by molar-refractivity contribution is 0.826. The molecule has 21 heavy (non-hydrogen) atoms. The average molecular weight is 368 g/mol. The Labute approximate surface area is 134 Å². The molecule has 1 saturated heterocycles. The van der Waals surface area contributed by atoms with Crippen LogP contribution in [0.1, 0.15) is 12.8 Å². The Balaban J connectivity index is 1.90. The summed E-state index contributed by atoms with van der Waals surface area (Å²) in [4.78, 5) is 19.6. The minimum Gasteiger partial charge on any atom is -0.341 e. The molecule has 7 nitrogen and oxygen atoms in total. The first-order valence-electron chi connectivity index (χ1n) is 6.52. The molecule has 2 aromatic heterocycles. The van der Waals surface area contributed by atoms with E-state index in [1.807, 2.05) is 12.1 Å². The van der Waals surface area contributed by atoms with Crippen molar-refractivity contribution in [3.05, 3.63) is 22.8 Å². The maximum atomic E-state index is 5.45. The number of halogens is 1. The highest BCUT2D eigenvalue weighted by Gasteiger charge is 2.18. The fourth-order valence-corrected chi connectivity index (χ4v) is 3.26. The second-order valence-corrected chi connectivity index (χ2v) is 6.28. The molecule has 0 unspecified atom stereocenters. The lowest BCUT2D eigenvalue weighted by Crippen LogP contribution is -2.22. The van der Waals surface area contributed by atoms with Gasteiger partial charge in [0.1, 0.15) is 5.03 Å². The Kier molecular flexibility index (Phi) is 4.51. The van der Waals surface area contributed by atoms with Crippen LogP contribution in [0.25, 0.3) is 0 Å². The lowest BCUT2D eigenvalue weighted by atomic mass is 10.4. The van der Waals surface area contributed by atoms with E-state index in [2.05, 4.69) is 46.2 Å². The molecule has 2 aromatic rings. The van der Waals surface area contributed by atoms with Gasteiger partial charge in [-0.05, 0) is 52.7 Å². The second-order valence-electron chi connectivity index (χ2n) is 4.47. The van der Waals surface area contributed by atoms with Crippen LogP contribution in [0.2, 0.25) is 0 Å². The fraction of sp³-hybridized carbons (Fsp3) is 0.333. The number of nitrogens with one attached hydrogen (secondary N) is 1. The fourth-order valence-electron chi connectivity index (χ4n) is 2.05. The molecule has 0 atom stereocenters. The van der Waals surface area contributed by atoms with E-state index in [1.54, 1.807) is 6.20 Å².